The van der Waals surface area contributed by atoms with E-state index in [9.17, 15) is 13.6 Å². The van der Waals surface area contributed by atoms with Crippen LogP contribution in [0, 0.1) is 0 Å². The van der Waals surface area contributed by atoms with Gasteiger partial charge in [-0.3, -0.25) is 4.79 Å². The summed E-state index contributed by atoms with van der Waals surface area (Å²) in [7, 11) is 0. The van der Waals surface area contributed by atoms with Gasteiger partial charge in [0.15, 0.2) is 0 Å². The fourth-order valence-electron chi connectivity index (χ4n) is 1.08. The lowest BCUT2D eigenvalue weighted by atomic mass is 10.2. The van der Waals surface area contributed by atoms with E-state index in [-0.39, 0.29) is 28.9 Å². The van der Waals surface area contributed by atoms with E-state index < -0.39 is 17.8 Å². The van der Waals surface area contributed by atoms with Crippen molar-refractivity contribution >= 4 is 17.7 Å². The van der Waals surface area contributed by atoms with Gasteiger partial charge in [0.2, 0.25) is 0 Å². The molecule has 0 aliphatic rings. The van der Waals surface area contributed by atoms with Crippen LogP contribution in [0.25, 0.3) is 0 Å². The van der Waals surface area contributed by atoms with Crippen molar-refractivity contribution in [2.45, 2.75) is 23.8 Å². The van der Waals surface area contributed by atoms with Crippen LogP contribution < -0.4 is 5.32 Å². The summed E-state index contributed by atoms with van der Waals surface area (Å²) in [6.45, 7) is 1.57. The van der Waals surface area contributed by atoms with Crippen molar-refractivity contribution in [3.63, 3.8) is 0 Å². The molecule has 0 aliphatic heterocycles. The zero-order valence-electron chi connectivity index (χ0n) is 9.06. The average molecular weight is 262 g/mol. The minimum atomic E-state index is -2.63. The monoisotopic (exact) mass is 262 g/mol. The molecule has 1 aromatic rings. The predicted octanol–water partition coefficient (Wildman–Crippen LogP) is 1.51. The summed E-state index contributed by atoms with van der Waals surface area (Å²) in [5.74, 6) is -3.16. The lowest BCUT2D eigenvalue weighted by molar-refractivity contribution is 0.0920. The fraction of sp³-hybridized carbons (Fsp3) is 0.400. The van der Waals surface area contributed by atoms with Gasteiger partial charge in [-0.05, 0) is 30.8 Å². The minimum absolute atomic E-state index is 0.0226. The van der Waals surface area contributed by atoms with Crippen molar-refractivity contribution in [2.75, 3.05) is 6.54 Å². The van der Waals surface area contributed by atoms with E-state index in [0.29, 0.717) is 0 Å². The molecular weight excluding hydrogens is 250 g/mol. The Morgan fingerprint density at radius 3 is 2.94 bits per heavy atom. The summed E-state index contributed by atoms with van der Waals surface area (Å²) in [6.07, 6.45) is 0.651. The van der Waals surface area contributed by atoms with E-state index in [1.54, 1.807) is 0 Å². The van der Waals surface area contributed by atoms with E-state index in [1.165, 1.54) is 25.3 Å². The van der Waals surface area contributed by atoms with Crippen LogP contribution in [0.5, 0.6) is 0 Å². The van der Waals surface area contributed by atoms with Crippen LogP contribution in [-0.4, -0.2) is 34.4 Å². The number of aliphatic hydroxyl groups excluding tert-OH is 1. The molecule has 0 aliphatic carbocycles. The number of carbonyl (C=O) groups is 1. The van der Waals surface area contributed by atoms with E-state index in [2.05, 4.69) is 10.3 Å². The number of alkyl halides is 2. The highest BCUT2D eigenvalue weighted by Gasteiger charge is 2.16. The first-order chi connectivity index (χ1) is 8.00. The molecular formula is C10H12F2N2O2S. The third-order valence-electron chi connectivity index (χ3n) is 1.77. The molecule has 1 atom stereocenters. The van der Waals surface area contributed by atoms with Gasteiger partial charge in [0.1, 0.15) is 5.03 Å². The molecule has 0 spiro atoms. The number of nitrogens with one attached hydrogen (secondary N) is 1. The largest absolute Gasteiger partial charge is 0.392 e. The SMILES string of the molecule is CC(O)CNC(=O)c1cccnc1SC(F)F. The van der Waals surface area contributed by atoms with Gasteiger partial charge >= 0.3 is 0 Å². The van der Waals surface area contributed by atoms with Gasteiger partial charge in [-0.2, -0.15) is 8.78 Å². The Morgan fingerprint density at radius 2 is 2.35 bits per heavy atom. The lowest BCUT2D eigenvalue weighted by Gasteiger charge is -2.09. The topological polar surface area (TPSA) is 62.2 Å². The highest BCUT2D eigenvalue weighted by Crippen LogP contribution is 2.26. The smallest absolute Gasteiger partial charge is 0.290 e. The lowest BCUT2D eigenvalue weighted by Crippen LogP contribution is -2.31. The molecule has 94 valence electrons. The Balaban J connectivity index is 2.78. The van der Waals surface area contributed by atoms with Crippen LogP contribution in [0.1, 0.15) is 17.3 Å². The number of hydrogen-bond donors (Lipinski definition) is 2. The van der Waals surface area contributed by atoms with E-state index in [1.807, 2.05) is 0 Å². The molecule has 0 bridgehead atoms. The molecule has 7 heteroatoms. The molecule has 4 nitrogen and oxygen atoms in total. The Labute approximate surface area is 101 Å². The summed E-state index contributed by atoms with van der Waals surface area (Å²) in [5.41, 5.74) is 0.0819. The summed E-state index contributed by atoms with van der Waals surface area (Å²) in [4.78, 5) is 15.4. The maximum absolute atomic E-state index is 12.2. The fourth-order valence-corrected chi connectivity index (χ4v) is 1.66. The molecule has 17 heavy (non-hydrogen) atoms. The van der Waals surface area contributed by atoms with Crippen LogP contribution in [0.4, 0.5) is 8.78 Å². The van der Waals surface area contributed by atoms with Crippen LogP contribution in [-0.2, 0) is 0 Å². The van der Waals surface area contributed by atoms with Crippen molar-refractivity contribution < 1.29 is 18.7 Å². The predicted molar refractivity (Wildman–Crippen MR) is 60.1 cm³/mol. The second-order valence-electron chi connectivity index (χ2n) is 3.29. The van der Waals surface area contributed by atoms with Crippen molar-refractivity contribution in [1.29, 1.82) is 0 Å². The molecule has 1 amide bonds. The summed E-state index contributed by atoms with van der Waals surface area (Å²) >= 11 is 0.220. The van der Waals surface area contributed by atoms with Gasteiger partial charge in [-0.25, -0.2) is 4.98 Å². The normalized spacial score (nSPS) is 12.5. The second kappa shape index (κ2) is 6.51. The molecule has 0 saturated carbocycles. The summed E-state index contributed by atoms with van der Waals surface area (Å²) in [6, 6.07) is 2.90. The molecule has 0 fully saturated rings. The van der Waals surface area contributed by atoms with Crippen molar-refractivity contribution in [3.05, 3.63) is 23.9 Å². The van der Waals surface area contributed by atoms with Crippen molar-refractivity contribution in [3.8, 4) is 0 Å². The molecule has 0 radical (unpaired) electrons. The molecule has 1 heterocycles. The number of thioether (sulfide) groups is 1. The Hall–Kier alpha value is -1.21. The third-order valence-corrected chi connectivity index (χ3v) is 2.50. The van der Waals surface area contributed by atoms with Crippen molar-refractivity contribution in [2.24, 2.45) is 0 Å². The Morgan fingerprint density at radius 1 is 1.65 bits per heavy atom. The zero-order chi connectivity index (χ0) is 12.8. The molecule has 1 rings (SSSR count). The first-order valence-corrected chi connectivity index (χ1v) is 5.74. The number of aliphatic hydroxyl groups is 1. The molecule has 1 unspecified atom stereocenters. The van der Waals surface area contributed by atoms with E-state index in [4.69, 9.17) is 5.11 Å². The van der Waals surface area contributed by atoms with E-state index in [0.717, 1.165) is 0 Å². The van der Waals surface area contributed by atoms with E-state index >= 15 is 0 Å². The zero-order valence-corrected chi connectivity index (χ0v) is 9.88. The van der Waals surface area contributed by atoms with Crippen LogP contribution >= 0.6 is 11.8 Å². The van der Waals surface area contributed by atoms with Gasteiger partial charge in [-0.1, -0.05) is 0 Å². The van der Waals surface area contributed by atoms with Crippen LogP contribution in [0.15, 0.2) is 23.4 Å². The number of carbonyl (C=O) groups excluding carboxylic acids is 1. The molecule has 0 saturated heterocycles. The van der Waals surface area contributed by atoms with Gasteiger partial charge in [0, 0.05) is 12.7 Å². The van der Waals surface area contributed by atoms with Crippen LogP contribution in [0.2, 0.25) is 0 Å². The first-order valence-electron chi connectivity index (χ1n) is 4.86. The Bertz CT molecular complexity index is 388. The third kappa shape index (κ3) is 4.66. The maximum Gasteiger partial charge on any atom is 0.290 e. The summed E-state index contributed by atoms with van der Waals surface area (Å²) in [5, 5.41) is 11.4. The number of amides is 1. The number of aromatic nitrogens is 1. The van der Waals surface area contributed by atoms with Gasteiger partial charge in [0.25, 0.3) is 11.7 Å². The van der Waals surface area contributed by atoms with Gasteiger partial charge in [0.05, 0.1) is 11.7 Å². The number of nitrogens with zero attached hydrogens (tertiary/aromatic N) is 1. The van der Waals surface area contributed by atoms with Crippen LogP contribution in [0.3, 0.4) is 0 Å². The second-order valence-corrected chi connectivity index (χ2v) is 4.27. The molecule has 2 N–H and O–H groups in total. The highest BCUT2D eigenvalue weighted by atomic mass is 32.2. The maximum atomic E-state index is 12.2. The number of hydrogen-bond acceptors (Lipinski definition) is 4. The molecule has 0 aromatic carbocycles. The minimum Gasteiger partial charge on any atom is -0.392 e. The Kier molecular flexibility index (Phi) is 5.30. The quantitative estimate of drug-likeness (QED) is 0.790. The number of rotatable bonds is 5. The highest BCUT2D eigenvalue weighted by molar-refractivity contribution is 7.99. The van der Waals surface area contributed by atoms with Crippen molar-refractivity contribution in [1.82, 2.24) is 10.3 Å². The standard InChI is InChI=1S/C10H12F2N2O2S/c1-6(15)5-14-8(16)7-3-2-4-13-9(7)17-10(11)12/h2-4,6,10,15H,5H2,1H3,(H,14,16). The summed E-state index contributed by atoms with van der Waals surface area (Å²) < 4.78 is 24.5. The van der Waals surface area contributed by atoms with Gasteiger partial charge in [-0.15, -0.1) is 0 Å². The average Bonchev–Trinajstić information content (AvgIpc) is 2.25. The number of halogens is 2. The first kappa shape index (κ1) is 13.9. The van der Waals surface area contributed by atoms with Gasteiger partial charge < -0.3 is 10.4 Å². The number of pyridine rings is 1. The molecule has 1 aromatic heterocycles.